The first-order chi connectivity index (χ1) is 6.52. The summed E-state index contributed by atoms with van der Waals surface area (Å²) < 4.78 is 5.18. The van der Waals surface area contributed by atoms with E-state index >= 15 is 0 Å². The molecule has 0 bridgehead atoms. The summed E-state index contributed by atoms with van der Waals surface area (Å²) in [6.07, 6.45) is 1.31. The Morgan fingerprint density at radius 3 is 2.57 bits per heavy atom. The molecule has 14 heavy (non-hydrogen) atoms. The van der Waals surface area contributed by atoms with Crippen LogP contribution in [0, 0.1) is 0 Å². The number of carbonyl (C=O) groups is 1. The second-order valence-corrected chi connectivity index (χ2v) is 3.95. The van der Waals surface area contributed by atoms with Gasteiger partial charge in [-0.25, -0.2) is 0 Å². The van der Waals surface area contributed by atoms with Gasteiger partial charge in [0.05, 0.1) is 18.8 Å². The number of hydrogen-bond donors (Lipinski definition) is 2. The van der Waals surface area contributed by atoms with Gasteiger partial charge in [0.1, 0.15) is 0 Å². The fraction of sp³-hybridized carbons (Fsp3) is 0.900. The summed E-state index contributed by atoms with van der Waals surface area (Å²) in [5.41, 5.74) is -0.540. The quantitative estimate of drug-likeness (QED) is 0.598. The zero-order valence-electron chi connectivity index (χ0n) is 9.30. The number of nitrogens with one attached hydrogen (secondary N) is 1. The third kappa shape index (κ3) is 6.86. The normalized spacial score (nSPS) is 11.4. The number of ether oxygens (including phenoxy) is 1. The SMILES string of the molecule is CCCOCCC(=O)NC(C)(C)CO. The molecule has 0 aliphatic carbocycles. The standard InChI is InChI=1S/C10H21NO3/c1-4-6-14-7-5-9(13)11-10(2,3)8-12/h12H,4-8H2,1-3H3,(H,11,13). The Morgan fingerprint density at radius 2 is 2.07 bits per heavy atom. The molecule has 2 N–H and O–H groups in total. The Hall–Kier alpha value is -0.610. The van der Waals surface area contributed by atoms with Crippen molar-refractivity contribution < 1.29 is 14.6 Å². The van der Waals surface area contributed by atoms with Gasteiger partial charge in [0.2, 0.25) is 5.91 Å². The van der Waals surface area contributed by atoms with Crippen molar-refractivity contribution in [1.82, 2.24) is 5.32 Å². The van der Waals surface area contributed by atoms with E-state index in [1.165, 1.54) is 0 Å². The maximum Gasteiger partial charge on any atom is 0.222 e. The second kappa shape index (κ2) is 6.79. The summed E-state index contributed by atoms with van der Waals surface area (Å²) in [5.74, 6) is -0.0832. The van der Waals surface area contributed by atoms with Crippen molar-refractivity contribution in [3.05, 3.63) is 0 Å². The van der Waals surface area contributed by atoms with Crippen LogP contribution in [0.1, 0.15) is 33.6 Å². The summed E-state index contributed by atoms with van der Waals surface area (Å²) >= 11 is 0. The minimum atomic E-state index is -0.540. The molecule has 84 valence electrons. The van der Waals surface area contributed by atoms with Crippen LogP contribution in [-0.2, 0) is 9.53 Å². The molecule has 0 aromatic heterocycles. The molecule has 0 spiro atoms. The second-order valence-electron chi connectivity index (χ2n) is 3.95. The highest BCUT2D eigenvalue weighted by Gasteiger charge is 2.18. The van der Waals surface area contributed by atoms with Crippen molar-refractivity contribution >= 4 is 5.91 Å². The van der Waals surface area contributed by atoms with E-state index in [0.29, 0.717) is 19.6 Å². The van der Waals surface area contributed by atoms with Crippen LogP contribution in [0.15, 0.2) is 0 Å². The Kier molecular flexibility index (Phi) is 6.49. The third-order valence-corrected chi connectivity index (χ3v) is 1.70. The molecule has 0 atom stereocenters. The number of aliphatic hydroxyl groups excluding tert-OH is 1. The van der Waals surface area contributed by atoms with Crippen LogP contribution in [-0.4, -0.2) is 36.4 Å². The first-order valence-corrected chi connectivity index (χ1v) is 5.01. The largest absolute Gasteiger partial charge is 0.394 e. The monoisotopic (exact) mass is 203 g/mol. The molecule has 0 aromatic rings. The van der Waals surface area contributed by atoms with Crippen LogP contribution in [0.2, 0.25) is 0 Å². The fourth-order valence-electron chi connectivity index (χ4n) is 0.891. The van der Waals surface area contributed by atoms with E-state index in [1.807, 2.05) is 6.92 Å². The van der Waals surface area contributed by atoms with Crippen molar-refractivity contribution in [2.45, 2.75) is 39.2 Å². The van der Waals surface area contributed by atoms with Gasteiger partial charge in [-0.05, 0) is 20.3 Å². The lowest BCUT2D eigenvalue weighted by atomic mass is 10.1. The van der Waals surface area contributed by atoms with Crippen LogP contribution in [0.25, 0.3) is 0 Å². The maximum atomic E-state index is 11.3. The maximum absolute atomic E-state index is 11.3. The topological polar surface area (TPSA) is 58.6 Å². The van der Waals surface area contributed by atoms with Crippen molar-refractivity contribution in [1.29, 1.82) is 0 Å². The Morgan fingerprint density at radius 1 is 1.43 bits per heavy atom. The molecule has 4 heteroatoms. The average Bonchev–Trinajstić information content (AvgIpc) is 2.12. The predicted molar refractivity (Wildman–Crippen MR) is 55.0 cm³/mol. The van der Waals surface area contributed by atoms with E-state index in [4.69, 9.17) is 9.84 Å². The number of hydrogen-bond acceptors (Lipinski definition) is 3. The Bertz CT molecular complexity index is 169. The molecule has 0 saturated carbocycles. The third-order valence-electron chi connectivity index (χ3n) is 1.70. The van der Waals surface area contributed by atoms with Crippen LogP contribution in [0.5, 0.6) is 0 Å². The fourth-order valence-corrected chi connectivity index (χ4v) is 0.891. The molecule has 0 unspecified atom stereocenters. The molecule has 0 heterocycles. The molecule has 4 nitrogen and oxygen atoms in total. The Labute approximate surface area is 85.6 Å². The van der Waals surface area contributed by atoms with Gasteiger partial charge in [-0.1, -0.05) is 6.92 Å². The van der Waals surface area contributed by atoms with Crippen molar-refractivity contribution in [2.75, 3.05) is 19.8 Å². The lowest BCUT2D eigenvalue weighted by Crippen LogP contribution is -2.46. The first kappa shape index (κ1) is 13.4. The van der Waals surface area contributed by atoms with E-state index in [-0.39, 0.29) is 12.5 Å². The average molecular weight is 203 g/mol. The van der Waals surface area contributed by atoms with Crippen LogP contribution >= 0.6 is 0 Å². The van der Waals surface area contributed by atoms with Gasteiger partial charge in [-0.2, -0.15) is 0 Å². The van der Waals surface area contributed by atoms with Gasteiger partial charge in [0, 0.05) is 13.0 Å². The molecule has 0 fully saturated rings. The van der Waals surface area contributed by atoms with Crippen LogP contribution in [0.4, 0.5) is 0 Å². The van der Waals surface area contributed by atoms with E-state index < -0.39 is 5.54 Å². The highest BCUT2D eigenvalue weighted by molar-refractivity contribution is 5.76. The first-order valence-electron chi connectivity index (χ1n) is 5.01. The smallest absolute Gasteiger partial charge is 0.222 e. The molecule has 0 aliphatic heterocycles. The molecule has 0 saturated heterocycles. The lowest BCUT2D eigenvalue weighted by molar-refractivity contribution is -0.124. The van der Waals surface area contributed by atoms with Gasteiger partial charge in [-0.3, -0.25) is 4.79 Å². The summed E-state index contributed by atoms with van der Waals surface area (Å²) in [4.78, 5) is 11.3. The van der Waals surface area contributed by atoms with E-state index in [1.54, 1.807) is 13.8 Å². The van der Waals surface area contributed by atoms with Gasteiger partial charge >= 0.3 is 0 Å². The predicted octanol–water partition coefficient (Wildman–Crippen LogP) is 0.690. The van der Waals surface area contributed by atoms with Crippen molar-refractivity contribution in [3.8, 4) is 0 Å². The van der Waals surface area contributed by atoms with Crippen molar-refractivity contribution in [2.24, 2.45) is 0 Å². The molecule has 1 amide bonds. The lowest BCUT2D eigenvalue weighted by Gasteiger charge is -2.23. The number of carbonyl (C=O) groups excluding carboxylic acids is 1. The highest BCUT2D eigenvalue weighted by atomic mass is 16.5. The van der Waals surface area contributed by atoms with Crippen molar-refractivity contribution in [3.63, 3.8) is 0 Å². The van der Waals surface area contributed by atoms with E-state index in [9.17, 15) is 4.79 Å². The summed E-state index contributed by atoms with van der Waals surface area (Å²) in [6.45, 7) is 6.65. The Balaban J connectivity index is 3.55. The number of rotatable bonds is 7. The number of aliphatic hydroxyl groups is 1. The molecule has 0 radical (unpaired) electrons. The van der Waals surface area contributed by atoms with Crippen LogP contribution in [0.3, 0.4) is 0 Å². The van der Waals surface area contributed by atoms with Gasteiger partial charge < -0.3 is 15.2 Å². The molecule has 0 rings (SSSR count). The molecular weight excluding hydrogens is 182 g/mol. The zero-order valence-corrected chi connectivity index (χ0v) is 9.30. The summed E-state index contributed by atoms with van der Waals surface area (Å²) in [5, 5.41) is 11.6. The van der Waals surface area contributed by atoms with E-state index in [0.717, 1.165) is 6.42 Å². The zero-order chi connectivity index (χ0) is 11.0. The van der Waals surface area contributed by atoms with E-state index in [2.05, 4.69) is 5.32 Å². The minimum absolute atomic E-state index is 0.0610. The number of amides is 1. The summed E-state index contributed by atoms with van der Waals surface area (Å²) in [7, 11) is 0. The van der Waals surface area contributed by atoms with Gasteiger partial charge in [0.25, 0.3) is 0 Å². The summed E-state index contributed by atoms with van der Waals surface area (Å²) in [6, 6.07) is 0. The van der Waals surface area contributed by atoms with Gasteiger partial charge in [0.15, 0.2) is 0 Å². The van der Waals surface area contributed by atoms with Gasteiger partial charge in [-0.15, -0.1) is 0 Å². The molecule has 0 aromatic carbocycles. The minimum Gasteiger partial charge on any atom is -0.394 e. The highest BCUT2D eigenvalue weighted by Crippen LogP contribution is 2.00. The molecular formula is C10H21NO3. The van der Waals surface area contributed by atoms with Crippen LogP contribution < -0.4 is 5.32 Å². The molecule has 0 aliphatic rings.